The fourth-order valence-corrected chi connectivity index (χ4v) is 6.01. The smallest absolute Gasteiger partial charge is 0.232 e. The third-order valence-corrected chi connectivity index (χ3v) is 7.97. The number of amides is 1. The van der Waals surface area contributed by atoms with Crippen LogP contribution in [0.3, 0.4) is 0 Å². The van der Waals surface area contributed by atoms with Crippen molar-refractivity contribution in [3.8, 4) is 0 Å². The van der Waals surface area contributed by atoms with Crippen LogP contribution >= 0.6 is 0 Å². The Hall–Kier alpha value is -2.26. The van der Waals surface area contributed by atoms with Crippen LogP contribution in [0.1, 0.15) is 36.8 Å². The van der Waals surface area contributed by atoms with Gasteiger partial charge in [0, 0.05) is 19.6 Å². The number of rotatable bonds is 13. The lowest BCUT2D eigenvalue weighted by molar-refractivity contribution is -0.123. The number of primary amides is 1. The first kappa shape index (κ1) is 25.4. The summed E-state index contributed by atoms with van der Waals surface area (Å²) in [6.45, 7) is 2.83. The van der Waals surface area contributed by atoms with Gasteiger partial charge in [0.2, 0.25) is 15.9 Å². The van der Waals surface area contributed by atoms with Gasteiger partial charge in [0.15, 0.2) is 0 Å². The summed E-state index contributed by atoms with van der Waals surface area (Å²) in [6.07, 6.45) is 3.37. The van der Waals surface area contributed by atoms with Crippen molar-refractivity contribution in [2.45, 2.75) is 31.1 Å². The van der Waals surface area contributed by atoms with Crippen LogP contribution in [0.15, 0.2) is 60.7 Å². The molecular formula is C25H36N4O3S. The lowest BCUT2D eigenvalue weighted by Gasteiger charge is -2.37. The molecule has 1 aliphatic heterocycles. The second-order valence-corrected chi connectivity index (χ2v) is 10.7. The van der Waals surface area contributed by atoms with Gasteiger partial charge in [-0.25, -0.2) is 13.1 Å². The second kappa shape index (κ2) is 11.7. The average molecular weight is 473 g/mol. The maximum Gasteiger partial charge on any atom is 0.232 e. The highest BCUT2D eigenvalue weighted by Crippen LogP contribution is 2.43. The van der Waals surface area contributed by atoms with E-state index in [0.29, 0.717) is 26.2 Å². The number of unbranched alkanes of at least 4 members (excludes halogenated alkanes) is 2. The van der Waals surface area contributed by atoms with Crippen molar-refractivity contribution in [2.75, 3.05) is 38.5 Å². The molecule has 0 aromatic heterocycles. The molecule has 2 aromatic rings. The summed E-state index contributed by atoms with van der Waals surface area (Å²) in [7, 11) is -3.34. The van der Waals surface area contributed by atoms with E-state index in [1.807, 2.05) is 60.7 Å². The number of nitrogens with zero attached hydrogens (tertiary/aromatic N) is 1. The molecule has 1 saturated heterocycles. The summed E-state index contributed by atoms with van der Waals surface area (Å²) in [4.78, 5) is 15.2. The Kier molecular flexibility index (Phi) is 9.02. The standard InChI is InChI=1S/C25H36N4O3S/c26-15-8-3-9-16-28-33(31,32)19-18-29-17-14-23(20-29)25(24(27)30,21-10-4-1-5-11-21)22-12-6-2-7-13-22/h1-2,4-7,10-13,23,28H,3,8-9,14-20,26H2,(H2,27,30)/t23-/m1/s1. The van der Waals surface area contributed by atoms with E-state index in [9.17, 15) is 13.2 Å². The molecule has 0 saturated carbocycles. The Bertz CT molecular complexity index is 944. The van der Waals surface area contributed by atoms with Gasteiger partial charge in [-0.3, -0.25) is 4.79 Å². The monoisotopic (exact) mass is 472 g/mol. The van der Waals surface area contributed by atoms with Crippen molar-refractivity contribution >= 4 is 15.9 Å². The van der Waals surface area contributed by atoms with Crippen LogP contribution in [-0.2, 0) is 20.2 Å². The van der Waals surface area contributed by atoms with E-state index in [-0.39, 0.29) is 17.6 Å². The zero-order valence-corrected chi connectivity index (χ0v) is 20.0. The fourth-order valence-electron chi connectivity index (χ4n) is 4.91. The van der Waals surface area contributed by atoms with Gasteiger partial charge in [-0.1, -0.05) is 67.1 Å². The number of sulfonamides is 1. The Morgan fingerprint density at radius 3 is 2.15 bits per heavy atom. The molecule has 0 aliphatic carbocycles. The quantitative estimate of drug-likeness (QED) is 0.384. The van der Waals surface area contributed by atoms with E-state index in [2.05, 4.69) is 9.62 Å². The number of hydrogen-bond acceptors (Lipinski definition) is 5. The van der Waals surface area contributed by atoms with Crippen LogP contribution in [0.4, 0.5) is 0 Å². The number of nitrogens with one attached hydrogen (secondary N) is 1. The summed E-state index contributed by atoms with van der Waals surface area (Å²) in [5, 5.41) is 0. The number of benzene rings is 2. The van der Waals surface area contributed by atoms with Gasteiger partial charge in [0.1, 0.15) is 5.41 Å². The molecule has 3 rings (SSSR count). The van der Waals surface area contributed by atoms with E-state index in [1.165, 1.54) is 0 Å². The summed E-state index contributed by atoms with van der Waals surface area (Å²) in [6, 6.07) is 19.4. The Morgan fingerprint density at radius 2 is 1.61 bits per heavy atom. The topological polar surface area (TPSA) is 119 Å². The molecule has 0 unspecified atom stereocenters. The number of hydrogen-bond donors (Lipinski definition) is 3. The molecule has 8 heteroatoms. The van der Waals surface area contributed by atoms with Crippen LogP contribution in [-0.4, -0.2) is 57.7 Å². The van der Waals surface area contributed by atoms with Gasteiger partial charge >= 0.3 is 0 Å². The van der Waals surface area contributed by atoms with Crippen molar-refractivity contribution in [1.82, 2.24) is 9.62 Å². The molecule has 1 heterocycles. The fraction of sp³-hybridized carbons (Fsp3) is 0.480. The molecule has 2 aromatic carbocycles. The number of nitrogens with two attached hydrogens (primary N) is 2. The zero-order chi connectivity index (χ0) is 23.7. The molecular weight excluding hydrogens is 436 g/mol. The predicted molar refractivity (Wildman–Crippen MR) is 132 cm³/mol. The normalized spacial score (nSPS) is 17.3. The van der Waals surface area contributed by atoms with Gasteiger partial charge in [0.05, 0.1) is 5.75 Å². The van der Waals surface area contributed by atoms with Gasteiger partial charge in [-0.15, -0.1) is 0 Å². The van der Waals surface area contributed by atoms with E-state index in [1.54, 1.807) is 0 Å². The SMILES string of the molecule is NCCCCCNS(=O)(=O)CCN1CC[C@@H](C(C(N)=O)(c2ccccc2)c2ccccc2)C1. The van der Waals surface area contributed by atoms with Gasteiger partial charge in [-0.05, 0) is 49.4 Å². The summed E-state index contributed by atoms with van der Waals surface area (Å²) in [5.74, 6) is -0.387. The predicted octanol–water partition coefficient (Wildman–Crippen LogP) is 1.83. The highest BCUT2D eigenvalue weighted by atomic mass is 32.2. The molecule has 1 fully saturated rings. The highest BCUT2D eigenvalue weighted by Gasteiger charge is 2.49. The first-order chi connectivity index (χ1) is 15.9. The maximum absolute atomic E-state index is 13.1. The van der Waals surface area contributed by atoms with Crippen LogP contribution in [0, 0.1) is 5.92 Å². The lowest BCUT2D eigenvalue weighted by Crippen LogP contribution is -2.49. The molecule has 0 spiro atoms. The molecule has 1 aliphatic rings. The zero-order valence-electron chi connectivity index (χ0n) is 19.2. The van der Waals surface area contributed by atoms with Crippen LogP contribution in [0.25, 0.3) is 0 Å². The number of carbonyl (C=O) groups excluding carboxylic acids is 1. The highest BCUT2D eigenvalue weighted by molar-refractivity contribution is 7.89. The van der Waals surface area contributed by atoms with Crippen molar-refractivity contribution < 1.29 is 13.2 Å². The first-order valence-electron chi connectivity index (χ1n) is 11.7. The molecule has 1 atom stereocenters. The molecule has 0 bridgehead atoms. The van der Waals surface area contributed by atoms with Gasteiger partial charge in [0.25, 0.3) is 0 Å². The molecule has 7 nitrogen and oxygen atoms in total. The molecule has 180 valence electrons. The van der Waals surface area contributed by atoms with Crippen LogP contribution in [0.2, 0.25) is 0 Å². The molecule has 33 heavy (non-hydrogen) atoms. The summed E-state index contributed by atoms with van der Waals surface area (Å²) < 4.78 is 27.5. The third kappa shape index (κ3) is 6.20. The number of carbonyl (C=O) groups is 1. The first-order valence-corrected chi connectivity index (χ1v) is 13.4. The van der Waals surface area contributed by atoms with E-state index >= 15 is 0 Å². The summed E-state index contributed by atoms with van der Waals surface area (Å²) in [5.41, 5.74) is 12.4. The Morgan fingerprint density at radius 1 is 1.00 bits per heavy atom. The van der Waals surface area contributed by atoms with E-state index in [0.717, 1.165) is 43.4 Å². The molecule has 1 amide bonds. The van der Waals surface area contributed by atoms with Crippen molar-refractivity contribution in [2.24, 2.45) is 17.4 Å². The summed E-state index contributed by atoms with van der Waals surface area (Å²) >= 11 is 0. The third-order valence-electron chi connectivity index (χ3n) is 6.61. The Labute approximate surface area is 197 Å². The molecule has 0 radical (unpaired) electrons. The van der Waals surface area contributed by atoms with Crippen molar-refractivity contribution in [1.29, 1.82) is 0 Å². The minimum Gasteiger partial charge on any atom is -0.369 e. The largest absolute Gasteiger partial charge is 0.369 e. The van der Waals surface area contributed by atoms with Crippen molar-refractivity contribution in [3.05, 3.63) is 71.8 Å². The van der Waals surface area contributed by atoms with Gasteiger partial charge in [-0.2, -0.15) is 0 Å². The maximum atomic E-state index is 13.1. The average Bonchev–Trinajstić information content (AvgIpc) is 3.29. The second-order valence-electron chi connectivity index (χ2n) is 8.75. The van der Waals surface area contributed by atoms with E-state index < -0.39 is 15.4 Å². The number of likely N-dealkylation sites (tertiary alicyclic amines) is 1. The van der Waals surface area contributed by atoms with E-state index in [4.69, 9.17) is 11.5 Å². The lowest BCUT2D eigenvalue weighted by atomic mass is 9.64. The minimum absolute atomic E-state index is 0.0385. The van der Waals surface area contributed by atoms with Crippen molar-refractivity contribution in [3.63, 3.8) is 0 Å². The van der Waals surface area contributed by atoms with Crippen LogP contribution < -0.4 is 16.2 Å². The van der Waals surface area contributed by atoms with Crippen LogP contribution in [0.5, 0.6) is 0 Å². The molecule has 5 N–H and O–H groups in total. The Balaban J connectivity index is 1.72. The van der Waals surface area contributed by atoms with Gasteiger partial charge < -0.3 is 16.4 Å². The minimum atomic E-state index is -3.34.